The number of hydrogen-bond acceptors (Lipinski definition) is 3. The zero-order valence-electron chi connectivity index (χ0n) is 16.2. The van der Waals surface area contributed by atoms with E-state index in [4.69, 9.17) is 0 Å². The fraction of sp³-hybridized carbons (Fsp3) is 0.455. The molecule has 4 nitrogen and oxygen atoms in total. The number of aromatic nitrogens is 1. The van der Waals surface area contributed by atoms with E-state index in [-0.39, 0.29) is 11.8 Å². The van der Waals surface area contributed by atoms with Crippen LogP contribution in [0.1, 0.15) is 36.0 Å². The Balaban J connectivity index is 1.31. The smallest absolute Gasteiger partial charge is 0.357 e. The van der Waals surface area contributed by atoms with Gasteiger partial charge in [-0.1, -0.05) is 24.3 Å². The Morgan fingerprint density at radius 2 is 1.79 bits per heavy atom. The lowest BCUT2D eigenvalue weighted by atomic mass is 9.92. The first-order valence-electron chi connectivity index (χ1n) is 10.0. The molecule has 4 rings (SSSR count). The molecule has 0 bridgehead atoms. The molecule has 1 aromatic heterocycles. The van der Waals surface area contributed by atoms with E-state index in [9.17, 15) is 18.0 Å². The van der Waals surface area contributed by atoms with Gasteiger partial charge in [-0.25, -0.2) is 4.98 Å². The lowest BCUT2D eigenvalue weighted by Crippen LogP contribution is -2.39. The van der Waals surface area contributed by atoms with Gasteiger partial charge in [0.25, 0.3) is 0 Å². The summed E-state index contributed by atoms with van der Waals surface area (Å²) in [7, 11) is 0. The highest BCUT2D eigenvalue weighted by atomic mass is 19.4. The third kappa shape index (κ3) is 4.54. The Hall–Kier alpha value is -2.57. The Bertz CT molecular complexity index is 876. The van der Waals surface area contributed by atoms with Crippen LogP contribution in [0.3, 0.4) is 0 Å². The number of anilines is 1. The van der Waals surface area contributed by atoms with Gasteiger partial charge in [0.05, 0.1) is 5.56 Å². The van der Waals surface area contributed by atoms with E-state index in [0.29, 0.717) is 31.9 Å². The van der Waals surface area contributed by atoms with Crippen LogP contribution in [-0.4, -0.2) is 35.4 Å². The molecule has 1 aromatic carbocycles. The quantitative estimate of drug-likeness (QED) is 0.767. The number of halogens is 3. The summed E-state index contributed by atoms with van der Waals surface area (Å²) >= 11 is 0. The Morgan fingerprint density at radius 1 is 1.07 bits per heavy atom. The summed E-state index contributed by atoms with van der Waals surface area (Å²) < 4.78 is 38.8. The maximum Gasteiger partial charge on any atom is 0.416 e. The molecule has 0 spiro atoms. The number of rotatable bonds is 3. The Labute approximate surface area is 168 Å². The van der Waals surface area contributed by atoms with Gasteiger partial charge < -0.3 is 9.80 Å². The zero-order chi connectivity index (χ0) is 20.4. The SMILES string of the molecule is O=C(CC1CCN(c2cc(C(F)(F)F)ccn2)CC1)N1CCc2ccccc2C1. The van der Waals surface area contributed by atoms with Crippen molar-refractivity contribution in [2.24, 2.45) is 5.92 Å². The van der Waals surface area contributed by atoms with Gasteiger partial charge in [0.2, 0.25) is 5.91 Å². The lowest BCUT2D eigenvalue weighted by molar-refractivity contribution is -0.137. The molecule has 0 unspecified atom stereocenters. The lowest BCUT2D eigenvalue weighted by Gasteiger charge is -2.34. The second-order valence-corrected chi connectivity index (χ2v) is 7.87. The highest BCUT2D eigenvalue weighted by Gasteiger charge is 2.32. The highest BCUT2D eigenvalue weighted by molar-refractivity contribution is 5.76. The molecular weight excluding hydrogens is 379 g/mol. The third-order valence-corrected chi connectivity index (χ3v) is 5.96. The van der Waals surface area contributed by atoms with Crippen molar-refractivity contribution >= 4 is 11.7 Å². The maximum atomic E-state index is 12.9. The molecule has 3 heterocycles. The van der Waals surface area contributed by atoms with Crippen LogP contribution in [0, 0.1) is 5.92 Å². The molecule has 29 heavy (non-hydrogen) atoms. The number of piperidine rings is 1. The van der Waals surface area contributed by atoms with Crippen molar-refractivity contribution in [3.63, 3.8) is 0 Å². The predicted octanol–water partition coefficient (Wildman–Crippen LogP) is 4.29. The van der Waals surface area contributed by atoms with Crippen LogP contribution in [0.25, 0.3) is 0 Å². The standard InChI is InChI=1S/C22H24F3N3O/c23-22(24,25)19-5-9-26-20(14-19)27-10-6-16(7-11-27)13-21(29)28-12-8-17-3-1-2-4-18(17)15-28/h1-5,9,14,16H,6-8,10-13,15H2. The minimum Gasteiger partial charge on any atom is -0.357 e. The molecule has 0 radical (unpaired) electrons. The van der Waals surface area contributed by atoms with E-state index >= 15 is 0 Å². The number of nitrogens with zero attached hydrogens (tertiary/aromatic N) is 3. The molecule has 2 aliphatic rings. The van der Waals surface area contributed by atoms with E-state index < -0.39 is 11.7 Å². The van der Waals surface area contributed by atoms with Gasteiger partial charge in [-0.05, 0) is 48.4 Å². The summed E-state index contributed by atoms with van der Waals surface area (Å²) in [6.07, 6.45) is -0.187. The van der Waals surface area contributed by atoms with Gasteiger partial charge in [0.1, 0.15) is 5.82 Å². The Morgan fingerprint density at radius 3 is 2.52 bits per heavy atom. The summed E-state index contributed by atoms with van der Waals surface area (Å²) in [6, 6.07) is 10.3. The monoisotopic (exact) mass is 403 g/mol. The van der Waals surface area contributed by atoms with Gasteiger partial charge in [-0.3, -0.25) is 4.79 Å². The van der Waals surface area contributed by atoms with Crippen LogP contribution in [-0.2, 0) is 23.9 Å². The van der Waals surface area contributed by atoms with Crippen LogP contribution in [0.15, 0.2) is 42.6 Å². The number of amides is 1. The maximum absolute atomic E-state index is 12.9. The van der Waals surface area contributed by atoms with Crippen LogP contribution in [0.4, 0.5) is 19.0 Å². The summed E-state index contributed by atoms with van der Waals surface area (Å²) in [4.78, 5) is 20.7. The minimum absolute atomic E-state index is 0.176. The average molecular weight is 403 g/mol. The number of benzene rings is 1. The summed E-state index contributed by atoms with van der Waals surface area (Å²) in [5, 5.41) is 0. The molecule has 0 aliphatic carbocycles. The molecule has 2 aliphatic heterocycles. The van der Waals surface area contributed by atoms with Gasteiger partial charge >= 0.3 is 6.18 Å². The first-order valence-corrected chi connectivity index (χ1v) is 10.0. The van der Waals surface area contributed by atoms with Crippen LogP contribution < -0.4 is 4.90 Å². The summed E-state index contributed by atoms with van der Waals surface area (Å²) in [6.45, 7) is 2.66. The van der Waals surface area contributed by atoms with Crippen LogP contribution in [0.5, 0.6) is 0 Å². The molecule has 1 fully saturated rings. The van der Waals surface area contributed by atoms with Gasteiger partial charge in [0.15, 0.2) is 0 Å². The van der Waals surface area contributed by atoms with Crippen molar-refractivity contribution in [3.8, 4) is 0 Å². The normalized spacial score (nSPS) is 17.9. The minimum atomic E-state index is -4.37. The fourth-order valence-electron chi connectivity index (χ4n) is 4.22. The summed E-state index contributed by atoms with van der Waals surface area (Å²) in [5.41, 5.74) is 1.86. The van der Waals surface area contributed by atoms with E-state index in [1.807, 2.05) is 21.9 Å². The zero-order valence-corrected chi connectivity index (χ0v) is 16.2. The molecule has 0 N–H and O–H groups in total. The number of alkyl halides is 3. The Kier molecular flexibility index (Phi) is 5.48. The fourth-order valence-corrected chi connectivity index (χ4v) is 4.22. The molecule has 0 atom stereocenters. The van der Waals surface area contributed by atoms with E-state index in [1.165, 1.54) is 17.3 Å². The molecule has 154 valence electrons. The molecule has 0 saturated carbocycles. The van der Waals surface area contributed by atoms with Gasteiger partial charge in [-0.15, -0.1) is 0 Å². The van der Waals surface area contributed by atoms with Crippen molar-refractivity contribution in [2.45, 2.75) is 38.4 Å². The number of carbonyl (C=O) groups is 1. The second-order valence-electron chi connectivity index (χ2n) is 7.87. The summed E-state index contributed by atoms with van der Waals surface area (Å²) in [5.74, 6) is 0.800. The molecule has 7 heteroatoms. The molecule has 2 aromatic rings. The van der Waals surface area contributed by atoms with E-state index in [1.54, 1.807) is 0 Å². The van der Waals surface area contributed by atoms with Crippen molar-refractivity contribution in [1.82, 2.24) is 9.88 Å². The van der Waals surface area contributed by atoms with Crippen molar-refractivity contribution in [1.29, 1.82) is 0 Å². The molecular formula is C22H24F3N3O. The highest BCUT2D eigenvalue weighted by Crippen LogP contribution is 2.32. The number of pyridine rings is 1. The average Bonchev–Trinajstić information content (AvgIpc) is 2.73. The van der Waals surface area contributed by atoms with Gasteiger partial charge in [0, 0.05) is 38.8 Å². The topological polar surface area (TPSA) is 36.4 Å². The first kappa shape index (κ1) is 19.7. The largest absolute Gasteiger partial charge is 0.416 e. The molecule has 1 amide bonds. The van der Waals surface area contributed by atoms with Crippen molar-refractivity contribution < 1.29 is 18.0 Å². The van der Waals surface area contributed by atoms with E-state index in [0.717, 1.165) is 37.9 Å². The van der Waals surface area contributed by atoms with Crippen molar-refractivity contribution in [3.05, 3.63) is 59.3 Å². The molecule has 1 saturated heterocycles. The third-order valence-electron chi connectivity index (χ3n) is 5.96. The van der Waals surface area contributed by atoms with Crippen LogP contribution >= 0.6 is 0 Å². The van der Waals surface area contributed by atoms with E-state index in [2.05, 4.69) is 17.1 Å². The van der Waals surface area contributed by atoms with Crippen molar-refractivity contribution in [2.75, 3.05) is 24.5 Å². The number of carbonyl (C=O) groups excluding carboxylic acids is 1. The number of hydrogen-bond donors (Lipinski definition) is 0. The second kappa shape index (κ2) is 8.05. The van der Waals surface area contributed by atoms with Crippen LogP contribution in [0.2, 0.25) is 0 Å². The van der Waals surface area contributed by atoms with Gasteiger partial charge in [-0.2, -0.15) is 13.2 Å². The first-order chi connectivity index (χ1) is 13.9. The predicted molar refractivity (Wildman–Crippen MR) is 104 cm³/mol. The number of fused-ring (bicyclic) bond motifs is 1.